The Balaban J connectivity index is -0.000000478. The van der Waals surface area contributed by atoms with Crippen molar-refractivity contribution < 1.29 is 14.2 Å². The summed E-state index contributed by atoms with van der Waals surface area (Å²) in [6.07, 6.45) is 0.0600. The highest BCUT2D eigenvalue weighted by molar-refractivity contribution is 5.47. The topological polar surface area (TPSA) is 27.7 Å². The number of rotatable bonds is 4. The van der Waals surface area contributed by atoms with Gasteiger partial charge in [-0.25, -0.2) is 0 Å². The smallest absolute Gasteiger partial charge is 0.161 e. The van der Waals surface area contributed by atoms with E-state index >= 15 is 0 Å². The van der Waals surface area contributed by atoms with Crippen LogP contribution in [0.25, 0.3) is 0 Å². The average molecular weight is 300 g/mol. The van der Waals surface area contributed by atoms with Crippen LogP contribution in [0.2, 0.25) is 0 Å². The maximum atomic E-state index is 5.29. The quantitative estimate of drug-likeness (QED) is 0.703. The standard InChI is InChI=1S/C12H18O3.3C2H6/c1-8-6-11(14-4)12(15-5)7-10(8)9(2)13-3;3*1-2/h6-7,9H,1-5H3;3*1-2H3. The highest BCUT2D eigenvalue weighted by atomic mass is 16.5. The predicted octanol–water partition coefficient (Wildman–Crippen LogP) is 5.80. The van der Waals surface area contributed by atoms with E-state index < -0.39 is 0 Å². The molecule has 0 radical (unpaired) electrons. The van der Waals surface area contributed by atoms with Gasteiger partial charge in [0.05, 0.1) is 20.3 Å². The molecule has 0 fully saturated rings. The van der Waals surface area contributed by atoms with E-state index in [4.69, 9.17) is 14.2 Å². The largest absolute Gasteiger partial charge is 0.493 e. The molecule has 0 bridgehead atoms. The molecule has 0 amide bonds. The summed E-state index contributed by atoms with van der Waals surface area (Å²) < 4.78 is 15.8. The molecule has 1 aromatic rings. The van der Waals surface area contributed by atoms with E-state index in [1.54, 1.807) is 21.3 Å². The summed E-state index contributed by atoms with van der Waals surface area (Å²) >= 11 is 0. The number of methoxy groups -OCH3 is 3. The first-order chi connectivity index (χ1) is 10.1. The van der Waals surface area contributed by atoms with Crippen molar-refractivity contribution in [3.8, 4) is 11.5 Å². The zero-order valence-corrected chi connectivity index (χ0v) is 16.0. The van der Waals surface area contributed by atoms with Crippen LogP contribution in [0.15, 0.2) is 12.1 Å². The van der Waals surface area contributed by atoms with Gasteiger partial charge in [0, 0.05) is 7.11 Å². The molecule has 0 spiro atoms. The third-order valence-corrected chi connectivity index (χ3v) is 2.56. The molecule has 0 aliphatic rings. The summed E-state index contributed by atoms with van der Waals surface area (Å²) in [6.45, 7) is 16.0. The zero-order chi connectivity index (χ0) is 17.4. The molecule has 0 heterocycles. The minimum absolute atomic E-state index is 0.0600. The molecule has 3 heteroatoms. The first kappa shape index (κ1) is 24.8. The van der Waals surface area contributed by atoms with Crippen molar-refractivity contribution in [1.29, 1.82) is 0 Å². The molecule has 1 aromatic carbocycles. The lowest BCUT2D eigenvalue weighted by Crippen LogP contribution is -2.01. The maximum absolute atomic E-state index is 5.29. The summed E-state index contributed by atoms with van der Waals surface area (Å²) in [5.41, 5.74) is 2.26. The van der Waals surface area contributed by atoms with Crippen LogP contribution >= 0.6 is 0 Å². The summed E-state index contributed by atoms with van der Waals surface area (Å²) in [4.78, 5) is 0. The van der Waals surface area contributed by atoms with Gasteiger partial charge in [-0.2, -0.15) is 0 Å². The highest BCUT2D eigenvalue weighted by Crippen LogP contribution is 2.33. The van der Waals surface area contributed by atoms with Crippen LogP contribution in [-0.2, 0) is 4.74 Å². The Morgan fingerprint density at radius 2 is 1.14 bits per heavy atom. The van der Waals surface area contributed by atoms with Gasteiger partial charge in [-0.1, -0.05) is 41.5 Å². The van der Waals surface area contributed by atoms with E-state index in [9.17, 15) is 0 Å². The van der Waals surface area contributed by atoms with Gasteiger partial charge < -0.3 is 14.2 Å². The van der Waals surface area contributed by atoms with Gasteiger partial charge in [-0.15, -0.1) is 0 Å². The second kappa shape index (κ2) is 16.8. The lowest BCUT2D eigenvalue weighted by molar-refractivity contribution is 0.118. The lowest BCUT2D eigenvalue weighted by atomic mass is 10.0. The van der Waals surface area contributed by atoms with E-state index in [0.717, 1.165) is 22.6 Å². The van der Waals surface area contributed by atoms with Crippen LogP contribution in [-0.4, -0.2) is 21.3 Å². The molecular formula is C18H36O3. The molecule has 3 nitrogen and oxygen atoms in total. The molecule has 126 valence electrons. The third-order valence-electron chi connectivity index (χ3n) is 2.56. The molecule has 1 rings (SSSR count). The molecule has 0 saturated heterocycles. The van der Waals surface area contributed by atoms with Crippen LogP contribution < -0.4 is 9.47 Å². The van der Waals surface area contributed by atoms with Gasteiger partial charge >= 0.3 is 0 Å². The number of benzene rings is 1. The Morgan fingerprint density at radius 3 is 1.48 bits per heavy atom. The molecule has 0 aromatic heterocycles. The summed E-state index contributed by atoms with van der Waals surface area (Å²) in [5.74, 6) is 1.49. The van der Waals surface area contributed by atoms with Crippen molar-refractivity contribution >= 4 is 0 Å². The summed E-state index contributed by atoms with van der Waals surface area (Å²) in [7, 11) is 4.96. The van der Waals surface area contributed by atoms with Gasteiger partial charge in [-0.05, 0) is 37.1 Å². The fourth-order valence-electron chi connectivity index (χ4n) is 1.56. The van der Waals surface area contributed by atoms with Crippen LogP contribution in [0.5, 0.6) is 11.5 Å². The zero-order valence-electron chi connectivity index (χ0n) is 16.0. The van der Waals surface area contributed by atoms with Gasteiger partial charge in [0.15, 0.2) is 11.5 Å². The molecule has 1 atom stereocenters. The fraction of sp³-hybridized carbons (Fsp3) is 0.667. The molecule has 21 heavy (non-hydrogen) atoms. The van der Waals surface area contributed by atoms with Crippen molar-refractivity contribution in [2.24, 2.45) is 0 Å². The van der Waals surface area contributed by atoms with Crippen molar-refractivity contribution in [3.63, 3.8) is 0 Å². The first-order valence-electron chi connectivity index (χ1n) is 7.89. The predicted molar refractivity (Wildman–Crippen MR) is 93.8 cm³/mol. The van der Waals surface area contributed by atoms with E-state index in [1.165, 1.54) is 0 Å². The van der Waals surface area contributed by atoms with Crippen molar-refractivity contribution in [3.05, 3.63) is 23.3 Å². The van der Waals surface area contributed by atoms with Crippen molar-refractivity contribution in [2.75, 3.05) is 21.3 Å². The molecule has 0 aliphatic heterocycles. The highest BCUT2D eigenvalue weighted by Gasteiger charge is 2.12. The second-order valence-corrected chi connectivity index (χ2v) is 3.44. The Labute approximate surface area is 132 Å². The van der Waals surface area contributed by atoms with Gasteiger partial charge in [0.1, 0.15) is 0 Å². The van der Waals surface area contributed by atoms with E-state index in [2.05, 4.69) is 0 Å². The number of hydrogen-bond donors (Lipinski definition) is 0. The van der Waals surface area contributed by atoms with Crippen LogP contribution in [0, 0.1) is 6.92 Å². The number of aryl methyl sites for hydroxylation is 1. The van der Waals surface area contributed by atoms with Gasteiger partial charge in [-0.3, -0.25) is 0 Å². The first-order valence-corrected chi connectivity index (χ1v) is 7.89. The van der Waals surface area contributed by atoms with Crippen LogP contribution in [0.4, 0.5) is 0 Å². The summed E-state index contributed by atoms with van der Waals surface area (Å²) in [5, 5.41) is 0. The Hall–Kier alpha value is -1.22. The second-order valence-electron chi connectivity index (χ2n) is 3.44. The Bertz CT molecular complexity index is 335. The molecule has 0 saturated carbocycles. The Morgan fingerprint density at radius 1 is 0.762 bits per heavy atom. The minimum Gasteiger partial charge on any atom is -0.493 e. The number of hydrogen-bond acceptors (Lipinski definition) is 3. The van der Waals surface area contributed by atoms with Crippen molar-refractivity contribution in [1.82, 2.24) is 0 Å². The lowest BCUT2D eigenvalue weighted by Gasteiger charge is -2.16. The molecule has 1 unspecified atom stereocenters. The van der Waals surface area contributed by atoms with Crippen molar-refractivity contribution in [2.45, 2.75) is 61.5 Å². The molecular weight excluding hydrogens is 264 g/mol. The average Bonchev–Trinajstić information content (AvgIpc) is 2.59. The van der Waals surface area contributed by atoms with Crippen LogP contribution in [0.3, 0.4) is 0 Å². The normalized spacial score (nSPS) is 9.67. The third kappa shape index (κ3) is 8.61. The van der Waals surface area contributed by atoms with Gasteiger partial charge in [0.2, 0.25) is 0 Å². The number of ether oxygens (including phenoxy) is 3. The van der Waals surface area contributed by atoms with E-state index in [1.807, 2.05) is 67.5 Å². The molecule has 0 aliphatic carbocycles. The Kier molecular flexibility index (Phi) is 19.9. The van der Waals surface area contributed by atoms with E-state index in [-0.39, 0.29) is 6.10 Å². The van der Waals surface area contributed by atoms with Crippen LogP contribution in [0.1, 0.15) is 65.7 Å². The fourth-order valence-corrected chi connectivity index (χ4v) is 1.56. The SMILES string of the molecule is CC.CC.CC.COc1cc(C)c(C(C)OC)cc1OC. The minimum atomic E-state index is 0.0600. The maximum Gasteiger partial charge on any atom is 0.161 e. The van der Waals surface area contributed by atoms with Gasteiger partial charge in [0.25, 0.3) is 0 Å². The molecule has 0 N–H and O–H groups in total. The van der Waals surface area contributed by atoms with E-state index in [0.29, 0.717) is 0 Å². The monoisotopic (exact) mass is 300 g/mol. The summed E-state index contributed by atoms with van der Waals surface area (Å²) in [6, 6.07) is 3.92.